The summed E-state index contributed by atoms with van der Waals surface area (Å²) in [6.07, 6.45) is -3.35. The first kappa shape index (κ1) is 14.3. The normalized spacial score (nSPS) is 23.8. The molecule has 0 spiro atoms. The number of alkyl halides is 3. The predicted octanol–water partition coefficient (Wildman–Crippen LogP) is 3.19. The molecular weight excluding hydrogens is 255 g/mol. The Morgan fingerprint density at radius 1 is 1.26 bits per heavy atom. The third kappa shape index (κ3) is 3.70. The summed E-state index contributed by atoms with van der Waals surface area (Å²) < 4.78 is 42.8. The Balaban J connectivity index is 1.96. The molecule has 2 rings (SSSR count). The van der Waals surface area contributed by atoms with Crippen LogP contribution in [0.5, 0.6) is 0 Å². The zero-order valence-electron chi connectivity index (χ0n) is 10.8. The van der Waals surface area contributed by atoms with E-state index in [-0.39, 0.29) is 5.92 Å². The van der Waals surface area contributed by atoms with Gasteiger partial charge in [-0.2, -0.15) is 13.2 Å². The van der Waals surface area contributed by atoms with Gasteiger partial charge in [-0.1, -0.05) is 12.1 Å². The van der Waals surface area contributed by atoms with Crippen molar-refractivity contribution >= 4 is 0 Å². The molecule has 1 heterocycles. The molecule has 1 unspecified atom stereocenters. The molecule has 106 valence electrons. The fourth-order valence-electron chi connectivity index (χ4n) is 2.40. The van der Waals surface area contributed by atoms with Crippen molar-refractivity contribution < 1.29 is 17.9 Å². The minimum atomic E-state index is -4.26. The predicted molar refractivity (Wildman–Crippen MR) is 67.1 cm³/mol. The van der Waals surface area contributed by atoms with Gasteiger partial charge in [-0.3, -0.25) is 0 Å². The molecule has 5 heteroatoms. The van der Waals surface area contributed by atoms with Gasteiger partial charge in [0.2, 0.25) is 0 Å². The zero-order chi connectivity index (χ0) is 13.9. The van der Waals surface area contributed by atoms with Crippen LogP contribution in [0.4, 0.5) is 13.2 Å². The molecule has 1 fully saturated rings. The Hall–Kier alpha value is -1.07. The third-order valence-electron chi connectivity index (χ3n) is 3.45. The van der Waals surface area contributed by atoms with Gasteiger partial charge in [0.25, 0.3) is 0 Å². The van der Waals surface area contributed by atoms with Crippen molar-refractivity contribution in [1.29, 1.82) is 0 Å². The molecule has 1 aliphatic heterocycles. The van der Waals surface area contributed by atoms with Gasteiger partial charge in [0.1, 0.15) is 0 Å². The van der Waals surface area contributed by atoms with Crippen molar-refractivity contribution in [3.05, 3.63) is 35.4 Å². The Morgan fingerprint density at radius 3 is 2.53 bits per heavy atom. The molecule has 0 aliphatic carbocycles. The fourth-order valence-corrected chi connectivity index (χ4v) is 2.40. The van der Waals surface area contributed by atoms with Crippen LogP contribution in [-0.4, -0.2) is 25.8 Å². The lowest BCUT2D eigenvalue weighted by Crippen LogP contribution is -2.26. The van der Waals surface area contributed by atoms with E-state index in [2.05, 4.69) is 5.32 Å². The molecule has 1 N–H and O–H groups in total. The van der Waals surface area contributed by atoms with Crippen molar-refractivity contribution in [2.75, 3.05) is 19.8 Å². The van der Waals surface area contributed by atoms with Gasteiger partial charge in [0.15, 0.2) is 0 Å². The summed E-state index contributed by atoms with van der Waals surface area (Å²) in [6.45, 7) is 4.09. The first-order chi connectivity index (χ1) is 9.00. The second-order valence-corrected chi connectivity index (χ2v) is 4.82. The number of ether oxygens (including phenoxy) is 1. The van der Waals surface area contributed by atoms with Crippen LogP contribution in [0.1, 0.15) is 30.4 Å². The maximum atomic E-state index is 12.5. The highest BCUT2D eigenvalue weighted by atomic mass is 19.4. The lowest BCUT2D eigenvalue weighted by atomic mass is 9.95. The number of nitrogens with one attached hydrogen (secondary N) is 1. The molecule has 0 saturated carbocycles. The van der Waals surface area contributed by atoms with Crippen LogP contribution in [0.15, 0.2) is 24.3 Å². The van der Waals surface area contributed by atoms with E-state index in [0.29, 0.717) is 19.3 Å². The van der Waals surface area contributed by atoms with Crippen molar-refractivity contribution in [2.24, 2.45) is 0 Å². The summed E-state index contributed by atoms with van der Waals surface area (Å²) in [5.74, 6) is 0.271. The standard InChI is InChI=1S/C14H18F3NO/c1-2-19-9-13-7-11(8-18-13)10-3-5-12(6-4-10)14(15,16)17/h3-6,11,13,18H,2,7-9H2,1H3/t11?,13-/m0/s1. The van der Waals surface area contributed by atoms with E-state index in [1.54, 1.807) is 12.1 Å². The zero-order valence-corrected chi connectivity index (χ0v) is 10.8. The smallest absolute Gasteiger partial charge is 0.380 e. The maximum absolute atomic E-state index is 12.5. The highest BCUT2D eigenvalue weighted by molar-refractivity contribution is 5.28. The number of rotatable bonds is 4. The van der Waals surface area contributed by atoms with Gasteiger partial charge >= 0.3 is 6.18 Å². The largest absolute Gasteiger partial charge is 0.416 e. The van der Waals surface area contributed by atoms with E-state index in [4.69, 9.17) is 4.74 Å². The topological polar surface area (TPSA) is 21.3 Å². The van der Waals surface area contributed by atoms with E-state index in [0.717, 1.165) is 30.7 Å². The van der Waals surface area contributed by atoms with Crippen molar-refractivity contribution in [3.63, 3.8) is 0 Å². The molecule has 19 heavy (non-hydrogen) atoms. The number of benzene rings is 1. The van der Waals surface area contributed by atoms with Gasteiger partial charge in [-0.15, -0.1) is 0 Å². The van der Waals surface area contributed by atoms with E-state index < -0.39 is 11.7 Å². The number of hydrogen-bond donors (Lipinski definition) is 1. The summed E-state index contributed by atoms with van der Waals surface area (Å²) in [5, 5.41) is 3.34. The average molecular weight is 273 g/mol. The molecule has 2 atom stereocenters. The van der Waals surface area contributed by atoms with Gasteiger partial charge in [0.05, 0.1) is 12.2 Å². The molecule has 0 aromatic heterocycles. The highest BCUT2D eigenvalue weighted by Gasteiger charge is 2.31. The van der Waals surface area contributed by atoms with E-state index in [1.807, 2.05) is 6.92 Å². The quantitative estimate of drug-likeness (QED) is 0.909. The molecule has 1 saturated heterocycles. The van der Waals surface area contributed by atoms with Crippen LogP contribution < -0.4 is 5.32 Å². The summed E-state index contributed by atoms with van der Waals surface area (Å²) in [4.78, 5) is 0. The second-order valence-electron chi connectivity index (χ2n) is 4.82. The fraction of sp³-hybridized carbons (Fsp3) is 0.571. The minimum absolute atomic E-state index is 0.271. The number of halogens is 3. The molecule has 0 amide bonds. The molecule has 2 nitrogen and oxygen atoms in total. The molecule has 1 aromatic rings. The maximum Gasteiger partial charge on any atom is 0.416 e. The van der Waals surface area contributed by atoms with Crippen LogP contribution in [0.3, 0.4) is 0 Å². The van der Waals surface area contributed by atoms with E-state index in [9.17, 15) is 13.2 Å². The van der Waals surface area contributed by atoms with Crippen LogP contribution in [0.2, 0.25) is 0 Å². The Morgan fingerprint density at radius 2 is 1.95 bits per heavy atom. The Labute approximate surface area is 111 Å². The summed E-state index contributed by atoms with van der Waals surface area (Å²) in [5.41, 5.74) is 0.368. The van der Waals surface area contributed by atoms with Gasteiger partial charge in [0, 0.05) is 19.2 Å². The van der Waals surface area contributed by atoms with Crippen LogP contribution >= 0.6 is 0 Å². The Kier molecular flexibility index (Phi) is 4.47. The van der Waals surface area contributed by atoms with Crippen molar-refractivity contribution in [1.82, 2.24) is 5.32 Å². The SMILES string of the molecule is CCOC[C@@H]1CC(c2ccc(C(F)(F)F)cc2)CN1. The molecule has 0 radical (unpaired) electrons. The molecule has 1 aliphatic rings. The van der Waals surface area contributed by atoms with Gasteiger partial charge in [-0.05, 0) is 37.0 Å². The number of hydrogen-bond acceptors (Lipinski definition) is 2. The summed E-state index contributed by atoms with van der Waals surface area (Å²) in [6, 6.07) is 5.78. The average Bonchev–Trinajstić information content (AvgIpc) is 2.84. The van der Waals surface area contributed by atoms with Crippen molar-refractivity contribution in [2.45, 2.75) is 31.5 Å². The summed E-state index contributed by atoms with van der Waals surface area (Å²) in [7, 11) is 0. The minimum Gasteiger partial charge on any atom is -0.380 e. The summed E-state index contributed by atoms with van der Waals surface area (Å²) >= 11 is 0. The van der Waals surface area contributed by atoms with Crippen LogP contribution in [0.25, 0.3) is 0 Å². The monoisotopic (exact) mass is 273 g/mol. The molecule has 0 bridgehead atoms. The van der Waals surface area contributed by atoms with E-state index in [1.165, 1.54) is 0 Å². The van der Waals surface area contributed by atoms with E-state index >= 15 is 0 Å². The van der Waals surface area contributed by atoms with Crippen molar-refractivity contribution in [3.8, 4) is 0 Å². The van der Waals surface area contributed by atoms with Gasteiger partial charge < -0.3 is 10.1 Å². The molecular formula is C14H18F3NO. The third-order valence-corrected chi connectivity index (χ3v) is 3.45. The van der Waals surface area contributed by atoms with Crippen LogP contribution in [0, 0.1) is 0 Å². The second kappa shape index (κ2) is 5.92. The van der Waals surface area contributed by atoms with Gasteiger partial charge in [-0.25, -0.2) is 0 Å². The molecule has 1 aromatic carbocycles. The van der Waals surface area contributed by atoms with Crippen LogP contribution in [-0.2, 0) is 10.9 Å². The highest BCUT2D eigenvalue weighted by Crippen LogP contribution is 2.32. The lowest BCUT2D eigenvalue weighted by molar-refractivity contribution is -0.137. The first-order valence-electron chi connectivity index (χ1n) is 6.49. The Bertz CT molecular complexity index is 402. The first-order valence-corrected chi connectivity index (χ1v) is 6.49. The lowest BCUT2D eigenvalue weighted by Gasteiger charge is -2.12.